The molecule has 0 radical (unpaired) electrons. The van der Waals surface area contributed by atoms with E-state index < -0.39 is 0 Å². The van der Waals surface area contributed by atoms with Gasteiger partial charge in [0.2, 0.25) is 0 Å². The van der Waals surface area contributed by atoms with Crippen LogP contribution >= 0.6 is 0 Å². The average molecular weight is 481 g/mol. The summed E-state index contributed by atoms with van der Waals surface area (Å²) in [5.41, 5.74) is 12.5. The molecule has 7 heterocycles. The predicted molar refractivity (Wildman–Crippen MR) is 142 cm³/mol. The van der Waals surface area contributed by atoms with E-state index in [9.17, 15) is 0 Å². The van der Waals surface area contributed by atoms with Crippen LogP contribution in [0.5, 0.6) is 0 Å². The molecule has 2 saturated heterocycles. The Kier molecular flexibility index (Phi) is 4.90. The van der Waals surface area contributed by atoms with E-state index in [0.29, 0.717) is 5.65 Å². The van der Waals surface area contributed by atoms with Crippen molar-refractivity contribution in [2.24, 2.45) is 5.73 Å². The number of pyridine rings is 3. The number of aromatic nitrogens is 6. The van der Waals surface area contributed by atoms with Crippen molar-refractivity contribution >= 4 is 33.4 Å². The van der Waals surface area contributed by atoms with Crippen LogP contribution in [0.3, 0.4) is 0 Å². The summed E-state index contributed by atoms with van der Waals surface area (Å²) in [5, 5.41) is 9.78. The topological polar surface area (TPSA) is 119 Å². The second kappa shape index (κ2) is 8.28. The zero-order valence-corrected chi connectivity index (χ0v) is 20.1. The maximum atomic E-state index is 5.96. The lowest BCUT2D eigenvalue weighted by atomic mass is 10.1. The Labute approximate surface area is 208 Å². The van der Waals surface area contributed by atoms with Crippen LogP contribution in [0.1, 0.15) is 0 Å². The second-order valence-corrected chi connectivity index (χ2v) is 9.83. The average Bonchev–Trinajstić information content (AvgIpc) is 3.51. The molecule has 2 aliphatic rings. The minimum Gasteiger partial charge on any atom is -0.367 e. The molecule has 10 nitrogen and oxygen atoms in total. The first-order valence-corrected chi connectivity index (χ1v) is 12.3. The summed E-state index contributed by atoms with van der Waals surface area (Å²) < 4.78 is 0. The molecule has 0 unspecified atom stereocenters. The normalized spacial score (nSPS) is 17.3. The molecule has 2 aliphatic heterocycles. The van der Waals surface area contributed by atoms with Crippen LogP contribution < -0.4 is 15.5 Å². The summed E-state index contributed by atoms with van der Waals surface area (Å²) in [5.74, 6) is 0.946. The van der Waals surface area contributed by atoms with Crippen molar-refractivity contribution in [3.05, 3.63) is 48.9 Å². The third-order valence-electron chi connectivity index (χ3n) is 7.31. The molecular formula is C26H28N10. The maximum Gasteiger partial charge on any atom is 0.181 e. The predicted octanol–water partition coefficient (Wildman–Crippen LogP) is 2.46. The summed E-state index contributed by atoms with van der Waals surface area (Å²) >= 11 is 0. The van der Waals surface area contributed by atoms with Gasteiger partial charge in [-0.1, -0.05) is 6.07 Å². The number of rotatable bonds is 4. The molecular weight excluding hydrogens is 452 g/mol. The van der Waals surface area contributed by atoms with Gasteiger partial charge in [-0.3, -0.25) is 10.1 Å². The quantitative estimate of drug-likeness (QED) is 0.359. The molecule has 0 atom stereocenters. The fourth-order valence-electron chi connectivity index (χ4n) is 5.18. The molecule has 182 valence electrons. The third-order valence-corrected chi connectivity index (χ3v) is 7.31. The van der Waals surface area contributed by atoms with Crippen LogP contribution in [0.15, 0.2) is 48.9 Å². The minimum atomic E-state index is 0.227. The fraction of sp³-hybridized carbons (Fsp3) is 0.308. The molecule has 4 N–H and O–H groups in total. The van der Waals surface area contributed by atoms with Gasteiger partial charge in [-0.15, -0.1) is 0 Å². The van der Waals surface area contributed by atoms with E-state index in [1.807, 2.05) is 36.8 Å². The van der Waals surface area contributed by atoms with E-state index in [4.69, 9.17) is 10.7 Å². The van der Waals surface area contributed by atoms with Crippen molar-refractivity contribution in [2.75, 3.05) is 56.1 Å². The lowest BCUT2D eigenvalue weighted by molar-refractivity contribution is 0.313. The first-order valence-electron chi connectivity index (χ1n) is 12.3. The van der Waals surface area contributed by atoms with Gasteiger partial charge < -0.3 is 25.4 Å². The number of nitrogens with zero attached hydrogens (tertiary/aromatic N) is 7. The molecule has 7 rings (SSSR count). The molecule has 0 aromatic carbocycles. The van der Waals surface area contributed by atoms with Gasteiger partial charge in [0.25, 0.3) is 0 Å². The molecule has 5 aromatic heterocycles. The van der Waals surface area contributed by atoms with E-state index in [0.717, 1.165) is 84.3 Å². The number of fused-ring (bicyclic) bond motifs is 2. The van der Waals surface area contributed by atoms with Crippen LogP contribution in [-0.4, -0.2) is 87.4 Å². The Morgan fingerprint density at radius 1 is 0.972 bits per heavy atom. The number of hydrogen-bond donors (Lipinski definition) is 3. The van der Waals surface area contributed by atoms with Crippen molar-refractivity contribution in [1.82, 2.24) is 35.0 Å². The zero-order valence-electron chi connectivity index (χ0n) is 20.1. The summed E-state index contributed by atoms with van der Waals surface area (Å²) in [7, 11) is 2.17. The summed E-state index contributed by atoms with van der Waals surface area (Å²) in [6, 6.07) is 10.6. The van der Waals surface area contributed by atoms with Crippen LogP contribution in [0.2, 0.25) is 0 Å². The highest BCUT2D eigenvalue weighted by Gasteiger charge is 2.24. The Hall–Kier alpha value is -4.02. The van der Waals surface area contributed by atoms with Gasteiger partial charge >= 0.3 is 0 Å². The van der Waals surface area contributed by atoms with E-state index in [1.54, 1.807) is 0 Å². The molecule has 0 spiro atoms. The van der Waals surface area contributed by atoms with Crippen LogP contribution in [0.4, 0.5) is 11.5 Å². The molecule has 2 fully saturated rings. The Balaban J connectivity index is 1.26. The maximum absolute atomic E-state index is 5.96. The Morgan fingerprint density at radius 2 is 1.83 bits per heavy atom. The highest BCUT2D eigenvalue weighted by atomic mass is 15.3. The number of nitrogens with two attached hydrogens (primary N) is 1. The van der Waals surface area contributed by atoms with Gasteiger partial charge in [-0.05, 0) is 31.3 Å². The van der Waals surface area contributed by atoms with E-state index in [1.165, 1.54) is 5.39 Å². The number of H-pyrrole nitrogens is 2. The number of piperazine rings is 1. The van der Waals surface area contributed by atoms with Crippen LogP contribution in [0.25, 0.3) is 44.6 Å². The molecule has 0 amide bonds. The van der Waals surface area contributed by atoms with Crippen LogP contribution in [0, 0.1) is 0 Å². The largest absolute Gasteiger partial charge is 0.367 e. The Bertz CT molecular complexity index is 1560. The molecule has 0 saturated carbocycles. The Morgan fingerprint density at radius 3 is 2.67 bits per heavy atom. The molecule has 5 aromatic rings. The van der Waals surface area contributed by atoms with Crippen molar-refractivity contribution in [2.45, 2.75) is 6.04 Å². The molecule has 0 aliphatic carbocycles. The lowest BCUT2D eigenvalue weighted by Gasteiger charge is -2.37. The second-order valence-electron chi connectivity index (χ2n) is 9.83. The molecule has 10 heteroatoms. The lowest BCUT2D eigenvalue weighted by Crippen LogP contribution is -2.56. The SMILES string of the molecule is CN1CCN(c2cncc3[nH]c(-c4[nH]nc5ncc(-c6cccc(N7CC(N)C7)n6)cc45)cc23)CC1. The van der Waals surface area contributed by atoms with Gasteiger partial charge in [-0.2, -0.15) is 5.10 Å². The third kappa shape index (κ3) is 3.57. The highest BCUT2D eigenvalue weighted by Crippen LogP contribution is 2.34. The van der Waals surface area contributed by atoms with Gasteiger partial charge in [0.1, 0.15) is 5.82 Å². The van der Waals surface area contributed by atoms with Gasteiger partial charge in [0, 0.05) is 67.8 Å². The first-order chi connectivity index (χ1) is 17.6. The van der Waals surface area contributed by atoms with E-state index >= 15 is 0 Å². The fourth-order valence-corrected chi connectivity index (χ4v) is 5.18. The summed E-state index contributed by atoms with van der Waals surface area (Å²) in [6.07, 6.45) is 5.69. The standard InChI is InChI=1S/C26H28N10/c1-34-5-7-35(8-6-34)23-13-28-12-22-18(23)10-21(30-22)25-19-9-16(11-29-26(19)33-32-25)20-3-2-4-24(31-20)36-14-17(27)15-36/h2-4,9-13,17,30H,5-8,14-15,27H2,1H3,(H,29,32,33). The van der Waals surface area contributed by atoms with E-state index in [-0.39, 0.29) is 6.04 Å². The van der Waals surface area contributed by atoms with Crippen molar-refractivity contribution in [3.8, 4) is 22.6 Å². The summed E-state index contributed by atoms with van der Waals surface area (Å²) in [6.45, 7) is 5.76. The number of hydrogen-bond acceptors (Lipinski definition) is 8. The zero-order chi connectivity index (χ0) is 24.2. The van der Waals surface area contributed by atoms with Crippen molar-refractivity contribution in [1.29, 1.82) is 0 Å². The minimum absolute atomic E-state index is 0.227. The van der Waals surface area contributed by atoms with Crippen LogP contribution in [-0.2, 0) is 0 Å². The number of anilines is 2. The van der Waals surface area contributed by atoms with Crippen molar-refractivity contribution < 1.29 is 0 Å². The highest BCUT2D eigenvalue weighted by molar-refractivity contribution is 5.99. The van der Waals surface area contributed by atoms with Gasteiger partial charge in [0.15, 0.2) is 5.65 Å². The number of aromatic amines is 2. The smallest absolute Gasteiger partial charge is 0.181 e. The monoisotopic (exact) mass is 480 g/mol. The number of nitrogens with one attached hydrogen (secondary N) is 2. The van der Waals surface area contributed by atoms with Gasteiger partial charge in [0.05, 0.1) is 40.7 Å². The first kappa shape index (κ1) is 21.3. The number of likely N-dealkylation sites (N-methyl/N-ethyl adjacent to an activating group) is 1. The van der Waals surface area contributed by atoms with Crippen molar-refractivity contribution in [3.63, 3.8) is 0 Å². The molecule has 36 heavy (non-hydrogen) atoms. The van der Waals surface area contributed by atoms with E-state index in [2.05, 4.69) is 59.0 Å². The summed E-state index contributed by atoms with van der Waals surface area (Å²) in [4.78, 5) is 24.5. The molecule has 0 bridgehead atoms. The van der Waals surface area contributed by atoms with Gasteiger partial charge in [-0.25, -0.2) is 9.97 Å².